The van der Waals surface area contributed by atoms with E-state index in [4.69, 9.17) is 9.15 Å². The molecule has 2 atom stereocenters. The number of rotatable bonds is 5. The van der Waals surface area contributed by atoms with E-state index in [-0.39, 0.29) is 35.3 Å². The number of carbonyl (C=O) groups excluding carboxylic acids is 1. The summed E-state index contributed by atoms with van der Waals surface area (Å²) in [7, 11) is 1.66. The summed E-state index contributed by atoms with van der Waals surface area (Å²) in [6.07, 6.45) is -6.34. The van der Waals surface area contributed by atoms with Gasteiger partial charge in [0, 0.05) is 35.7 Å². The van der Waals surface area contributed by atoms with Crippen LogP contribution in [0.2, 0.25) is 0 Å². The Labute approximate surface area is 246 Å². The van der Waals surface area contributed by atoms with Crippen LogP contribution in [0.4, 0.5) is 13.2 Å². The first kappa shape index (κ1) is 29.6. The van der Waals surface area contributed by atoms with Gasteiger partial charge in [-0.3, -0.25) is 9.48 Å². The number of phenolic OH excluding ortho intramolecular Hbond substituents is 2. The van der Waals surface area contributed by atoms with E-state index in [1.54, 1.807) is 30.1 Å². The molecule has 222 valence electrons. The SMILES string of the molecule is Cc1nn(Cc2cccc(-c3cc(=O)c4c(O)cc(O)c([C@H]5CCN(C)C[C@H]5OC(=O)C(F)(F)F)c4o3)c2)c(C)c1Br. The second kappa shape index (κ2) is 11.1. The number of phenols is 2. The van der Waals surface area contributed by atoms with Crippen molar-refractivity contribution >= 4 is 32.9 Å². The average Bonchev–Trinajstić information content (AvgIpc) is 3.15. The van der Waals surface area contributed by atoms with E-state index in [1.807, 2.05) is 24.6 Å². The molecule has 0 radical (unpaired) electrons. The molecule has 0 unspecified atom stereocenters. The van der Waals surface area contributed by atoms with Gasteiger partial charge >= 0.3 is 12.1 Å². The van der Waals surface area contributed by atoms with Crippen LogP contribution in [0.25, 0.3) is 22.3 Å². The predicted molar refractivity (Wildman–Crippen MR) is 151 cm³/mol. The van der Waals surface area contributed by atoms with Crippen LogP contribution in [0.15, 0.2) is 50.1 Å². The van der Waals surface area contributed by atoms with Gasteiger partial charge in [-0.1, -0.05) is 18.2 Å². The highest BCUT2D eigenvalue weighted by Gasteiger charge is 2.45. The number of likely N-dealkylation sites (N-methyl/N-ethyl adjacent to an activating group) is 1. The maximum absolute atomic E-state index is 13.3. The van der Waals surface area contributed by atoms with Crippen LogP contribution in [-0.4, -0.2) is 63.3 Å². The number of aromatic hydroxyl groups is 2. The Morgan fingerprint density at radius 2 is 1.93 bits per heavy atom. The number of hydrogen-bond donors (Lipinski definition) is 2. The maximum Gasteiger partial charge on any atom is 0.490 e. The van der Waals surface area contributed by atoms with Crippen LogP contribution in [-0.2, 0) is 16.1 Å². The van der Waals surface area contributed by atoms with Crippen LogP contribution in [0.3, 0.4) is 0 Å². The highest BCUT2D eigenvalue weighted by atomic mass is 79.9. The number of esters is 1. The number of carbonyl (C=O) groups is 1. The van der Waals surface area contributed by atoms with Crippen molar-refractivity contribution in [2.24, 2.45) is 0 Å². The predicted octanol–water partition coefficient (Wildman–Crippen LogP) is 5.39. The van der Waals surface area contributed by atoms with Gasteiger partial charge in [-0.25, -0.2) is 4.79 Å². The fourth-order valence-corrected chi connectivity index (χ4v) is 5.66. The lowest BCUT2D eigenvalue weighted by Gasteiger charge is -2.36. The Hall–Kier alpha value is -3.84. The number of hydrogen-bond acceptors (Lipinski definition) is 8. The summed E-state index contributed by atoms with van der Waals surface area (Å²) in [5.41, 5.74) is 2.32. The summed E-state index contributed by atoms with van der Waals surface area (Å²) in [5, 5.41) is 25.8. The lowest BCUT2D eigenvalue weighted by molar-refractivity contribution is -0.207. The molecular formula is C29H27BrF3N3O6. The molecule has 4 aromatic rings. The Morgan fingerprint density at radius 1 is 1.19 bits per heavy atom. The van der Waals surface area contributed by atoms with Gasteiger partial charge in [0.1, 0.15) is 34.3 Å². The van der Waals surface area contributed by atoms with E-state index in [2.05, 4.69) is 21.0 Å². The van der Waals surface area contributed by atoms with Crippen molar-refractivity contribution in [1.82, 2.24) is 14.7 Å². The molecule has 0 bridgehead atoms. The molecule has 1 aliphatic heterocycles. The number of aryl methyl sites for hydroxylation is 1. The van der Waals surface area contributed by atoms with Gasteiger partial charge in [0.2, 0.25) is 0 Å². The van der Waals surface area contributed by atoms with Gasteiger partial charge in [-0.05, 0) is 61.4 Å². The number of likely N-dealkylation sites (tertiary alicyclic amines) is 1. The first-order chi connectivity index (χ1) is 19.7. The maximum atomic E-state index is 13.3. The van der Waals surface area contributed by atoms with E-state index in [9.17, 15) is 33.0 Å². The molecule has 0 amide bonds. The molecule has 0 aliphatic carbocycles. The van der Waals surface area contributed by atoms with Crippen LogP contribution in [0.1, 0.15) is 34.9 Å². The van der Waals surface area contributed by atoms with E-state index < -0.39 is 41.1 Å². The topological polar surface area (TPSA) is 118 Å². The molecule has 9 nitrogen and oxygen atoms in total. The van der Waals surface area contributed by atoms with Gasteiger partial charge in [0.25, 0.3) is 0 Å². The fraction of sp³-hybridized carbons (Fsp3) is 0.345. The quantitative estimate of drug-likeness (QED) is 0.277. The van der Waals surface area contributed by atoms with Crippen LogP contribution < -0.4 is 5.43 Å². The molecule has 1 aliphatic rings. The van der Waals surface area contributed by atoms with Gasteiger partial charge in [-0.15, -0.1) is 0 Å². The monoisotopic (exact) mass is 649 g/mol. The third-order valence-corrected chi connectivity index (χ3v) is 8.61. The van der Waals surface area contributed by atoms with Crippen LogP contribution in [0, 0.1) is 13.8 Å². The summed E-state index contributed by atoms with van der Waals surface area (Å²) >= 11 is 3.52. The summed E-state index contributed by atoms with van der Waals surface area (Å²) in [6, 6.07) is 9.34. The first-order valence-electron chi connectivity index (χ1n) is 13.0. The van der Waals surface area contributed by atoms with Gasteiger partial charge in [0.15, 0.2) is 5.43 Å². The summed E-state index contributed by atoms with van der Waals surface area (Å²) in [6.45, 7) is 4.59. The highest BCUT2D eigenvalue weighted by Crippen LogP contribution is 2.43. The Morgan fingerprint density at radius 3 is 2.60 bits per heavy atom. The Kier molecular flexibility index (Phi) is 7.84. The zero-order chi connectivity index (χ0) is 30.5. The summed E-state index contributed by atoms with van der Waals surface area (Å²) < 4.78 is 53.0. The van der Waals surface area contributed by atoms with Crippen molar-refractivity contribution < 1.29 is 37.3 Å². The third kappa shape index (κ3) is 5.62. The highest BCUT2D eigenvalue weighted by molar-refractivity contribution is 9.10. The standard InChI is InChI=1S/C29H27BrF3N3O6/c1-14-26(30)15(2)36(34-14)12-16-5-4-6-17(9-16)22-11-21(39)25-20(38)10-19(37)24(27(25)41-22)18-7-8-35(3)13-23(18)42-28(40)29(31,32)33/h4-6,9-11,18,23,37-38H,7-8,12-13H2,1-3H3/t18-,23+/m0/s1. The molecule has 2 aromatic heterocycles. The van der Waals surface area contributed by atoms with Crippen molar-refractivity contribution in [3.05, 3.63) is 73.6 Å². The van der Waals surface area contributed by atoms with Crippen molar-refractivity contribution in [2.45, 2.75) is 45.0 Å². The minimum atomic E-state index is -5.21. The van der Waals surface area contributed by atoms with Gasteiger partial charge in [-0.2, -0.15) is 18.3 Å². The zero-order valence-corrected chi connectivity index (χ0v) is 24.4. The number of halogens is 4. The smallest absolute Gasteiger partial charge is 0.490 e. The Bertz CT molecular complexity index is 1750. The van der Waals surface area contributed by atoms with Crippen molar-refractivity contribution in [3.8, 4) is 22.8 Å². The lowest BCUT2D eigenvalue weighted by Crippen LogP contribution is -2.45. The number of nitrogens with zero attached hydrogens (tertiary/aromatic N) is 3. The molecule has 2 aromatic carbocycles. The fourth-order valence-electron chi connectivity index (χ4n) is 5.37. The van der Waals surface area contributed by atoms with Crippen LogP contribution in [0.5, 0.6) is 11.5 Å². The summed E-state index contributed by atoms with van der Waals surface area (Å²) in [5.74, 6) is -4.24. The molecule has 0 spiro atoms. The Balaban J connectivity index is 1.61. The van der Waals surface area contributed by atoms with Gasteiger partial charge in [0.05, 0.1) is 22.4 Å². The van der Waals surface area contributed by atoms with Crippen molar-refractivity contribution in [1.29, 1.82) is 0 Å². The second-order valence-corrected chi connectivity index (χ2v) is 11.2. The summed E-state index contributed by atoms with van der Waals surface area (Å²) in [4.78, 5) is 26.7. The number of ether oxygens (including phenoxy) is 1. The van der Waals surface area contributed by atoms with E-state index in [1.165, 1.54) is 6.07 Å². The van der Waals surface area contributed by atoms with E-state index >= 15 is 0 Å². The lowest BCUT2D eigenvalue weighted by atomic mass is 9.85. The number of benzene rings is 2. The van der Waals surface area contributed by atoms with Crippen molar-refractivity contribution in [3.63, 3.8) is 0 Å². The van der Waals surface area contributed by atoms with E-state index in [0.29, 0.717) is 18.7 Å². The largest absolute Gasteiger partial charge is 0.507 e. The molecule has 42 heavy (non-hydrogen) atoms. The van der Waals surface area contributed by atoms with Crippen LogP contribution >= 0.6 is 15.9 Å². The zero-order valence-electron chi connectivity index (χ0n) is 22.8. The average molecular weight is 650 g/mol. The molecule has 5 rings (SSSR count). The molecule has 3 heterocycles. The molecule has 0 saturated carbocycles. The number of aromatic nitrogens is 2. The van der Waals surface area contributed by atoms with Crippen molar-refractivity contribution in [2.75, 3.05) is 20.1 Å². The molecule has 1 saturated heterocycles. The van der Waals surface area contributed by atoms with Gasteiger partial charge < -0.3 is 24.3 Å². The second-order valence-electron chi connectivity index (χ2n) is 10.4. The molecule has 13 heteroatoms. The number of piperidine rings is 1. The first-order valence-corrected chi connectivity index (χ1v) is 13.8. The molecule has 1 fully saturated rings. The number of alkyl halides is 3. The molecular weight excluding hydrogens is 623 g/mol. The minimum absolute atomic E-state index is 0.0153. The third-order valence-electron chi connectivity index (χ3n) is 7.46. The molecule has 2 N–H and O–H groups in total. The normalized spacial score (nSPS) is 18.0. The van der Waals surface area contributed by atoms with E-state index in [0.717, 1.165) is 27.5 Å². The number of fused-ring (bicyclic) bond motifs is 1. The minimum Gasteiger partial charge on any atom is -0.507 e.